The van der Waals surface area contributed by atoms with Gasteiger partial charge >= 0.3 is 0 Å². The molecule has 0 amide bonds. The molecule has 0 aliphatic heterocycles. The summed E-state index contributed by atoms with van der Waals surface area (Å²) in [5.41, 5.74) is 2.67. The van der Waals surface area contributed by atoms with E-state index in [0.717, 1.165) is 22.8 Å². The molecule has 3 rings (SSSR count). The smallest absolute Gasteiger partial charge is 0.223 e. The maximum absolute atomic E-state index is 14.4. The molecule has 0 saturated carbocycles. The third-order valence-corrected chi connectivity index (χ3v) is 3.84. The van der Waals surface area contributed by atoms with Crippen LogP contribution in [-0.4, -0.2) is 15.0 Å². The third kappa shape index (κ3) is 2.35. The number of hydrogen-bond acceptors (Lipinski definition) is 2. The Hall–Kier alpha value is -2.01. The van der Waals surface area contributed by atoms with Gasteiger partial charge in [-0.25, -0.2) is 18.7 Å². The summed E-state index contributed by atoms with van der Waals surface area (Å²) in [5.74, 6) is -0.875. The largest absolute Gasteiger partial charge is 0.356 e. The first-order chi connectivity index (χ1) is 10.4. The summed E-state index contributed by atoms with van der Waals surface area (Å²) in [4.78, 5) is 10.5. The Balaban J connectivity index is 2.32. The summed E-state index contributed by atoms with van der Waals surface area (Å²) in [6.45, 7) is 5.96. The number of nitrogens with zero attached hydrogens (tertiary/aromatic N) is 2. The van der Waals surface area contributed by atoms with Crippen LogP contribution in [0.5, 0.6) is 0 Å². The molecule has 6 heteroatoms. The Morgan fingerprint density at radius 1 is 1.18 bits per heavy atom. The Bertz CT molecular complexity index is 871. The highest BCUT2D eigenvalue weighted by atomic mass is 35.5. The van der Waals surface area contributed by atoms with Gasteiger partial charge < -0.3 is 4.98 Å². The molecule has 0 saturated heterocycles. The van der Waals surface area contributed by atoms with Gasteiger partial charge in [-0.15, -0.1) is 0 Å². The summed E-state index contributed by atoms with van der Waals surface area (Å²) in [6, 6.07) is 2.99. The highest BCUT2D eigenvalue weighted by Crippen LogP contribution is 2.34. The Labute approximate surface area is 131 Å². The van der Waals surface area contributed by atoms with E-state index in [0.29, 0.717) is 11.1 Å². The number of fused-ring (bicyclic) bond motifs is 1. The van der Waals surface area contributed by atoms with Crippen molar-refractivity contribution in [1.82, 2.24) is 15.0 Å². The number of hydrogen-bond donors (Lipinski definition) is 1. The fourth-order valence-electron chi connectivity index (χ4n) is 2.83. The van der Waals surface area contributed by atoms with Crippen LogP contribution in [-0.2, 0) is 0 Å². The lowest BCUT2D eigenvalue weighted by Gasteiger charge is -2.07. The van der Waals surface area contributed by atoms with Gasteiger partial charge in [-0.2, -0.15) is 0 Å². The van der Waals surface area contributed by atoms with Gasteiger partial charge in [0, 0.05) is 16.6 Å². The standard InChI is InChI=1S/C16H14ClF2N3/c1-7(2)13-8(3)21-15-10(13)4-9(5-11(15)18)14-12(19)6-20-16(17)22-14/h4-7,21H,1-3H3. The fourth-order valence-corrected chi connectivity index (χ4v) is 2.97. The molecular formula is C16H14ClF2N3. The van der Waals surface area contributed by atoms with E-state index in [4.69, 9.17) is 11.6 Å². The zero-order chi connectivity index (χ0) is 16.0. The molecular weight excluding hydrogens is 308 g/mol. The predicted molar refractivity (Wildman–Crippen MR) is 83.1 cm³/mol. The lowest BCUT2D eigenvalue weighted by Crippen LogP contribution is -1.94. The minimum Gasteiger partial charge on any atom is -0.356 e. The number of benzene rings is 1. The summed E-state index contributed by atoms with van der Waals surface area (Å²) in [7, 11) is 0. The van der Waals surface area contributed by atoms with E-state index in [2.05, 4.69) is 15.0 Å². The van der Waals surface area contributed by atoms with Gasteiger partial charge in [0.2, 0.25) is 5.28 Å². The van der Waals surface area contributed by atoms with Crippen molar-refractivity contribution in [1.29, 1.82) is 0 Å². The molecule has 22 heavy (non-hydrogen) atoms. The molecule has 0 spiro atoms. The van der Waals surface area contributed by atoms with Crippen LogP contribution in [0.3, 0.4) is 0 Å². The average molecular weight is 322 g/mol. The van der Waals surface area contributed by atoms with Gasteiger partial charge in [-0.05, 0) is 42.1 Å². The zero-order valence-electron chi connectivity index (χ0n) is 12.3. The molecule has 2 aromatic heterocycles. The highest BCUT2D eigenvalue weighted by Gasteiger charge is 2.18. The van der Waals surface area contributed by atoms with Crippen molar-refractivity contribution < 1.29 is 8.78 Å². The molecule has 0 bridgehead atoms. The molecule has 0 aliphatic carbocycles. The van der Waals surface area contributed by atoms with Crippen molar-refractivity contribution in [3.05, 3.63) is 46.5 Å². The number of aryl methyl sites for hydroxylation is 1. The molecule has 3 nitrogen and oxygen atoms in total. The van der Waals surface area contributed by atoms with Crippen molar-refractivity contribution in [2.24, 2.45) is 0 Å². The predicted octanol–water partition coefficient (Wildman–Crippen LogP) is 4.99. The molecule has 0 atom stereocenters. The van der Waals surface area contributed by atoms with Crippen LogP contribution in [0.25, 0.3) is 22.2 Å². The lowest BCUT2D eigenvalue weighted by molar-refractivity contribution is 0.616. The first-order valence-corrected chi connectivity index (χ1v) is 7.26. The second-order valence-corrected chi connectivity index (χ2v) is 5.87. The van der Waals surface area contributed by atoms with Gasteiger partial charge in [-0.3, -0.25) is 0 Å². The Morgan fingerprint density at radius 2 is 1.91 bits per heavy atom. The van der Waals surface area contributed by atoms with Crippen molar-refractivity contribution >= 4 is 22.5 Å². The van der Waals surface area contributed by atoms with E-state index in [-0.39, 0.29) is 16.9 Å². The number of H-pyrrole nitrogens is 1. The summed E-state index contributed by atoms with van der Waals surface area (Å²) < 4.78 is 28.3. The van der Waals surface area contributed by atoms with Crippen molar-refractivity contribution in [2.75, 3.05) is 0 Å². The number of nitrogens with one attached hydrogen (secondary N) is 1. The lowest BCUT2D eigenvalue weighted by atomic mass is 9.98. The van der Waals surface area contributed by atoms with Crippen molar-refractivity contribution in [2.45, 2.75) is 26.7 Å². The first kappa shape index (κ1) is 14.9. The van der Waals surface area contributed by atoms with Crippen molar-refractivity contribution in [3.63, 3.8) is 0 Å². The molecule has 0 aliphatic rings. The quantitative estimate of drug-likeness (QED) is 0.676. The maximum Gasteiger partial charge on any atom is 0.223 e. The van der Waals surface area contributed by atoms with Gasteiger partial charge in [-0.1, -0.05) is 13.8 Å². The number of halogens is 3. The molecule has 1 N–H and O–H groups in total. The molecule has 3 aromatic rings. The second-order valence-electron chi connectivity index (χ2n) is 5.53. The fraction of sp³-hybridized carbons (Fsp3) is 0.250. The number of aromatic amines is 1. The molecule has 114 valence electrons. The van der Waals surface area contributed by atoms with E-state index < -0.39 is 11.6 Å². The van der Waals surface area contributed by atoms with Crippen LogP contribution in [0.1, 0.15) is 31.0 Å². The molecule has 0 unspecified atom stereocenters. The monoisotopic (exact) mass is 321 g/mol. The van der Waals surface area contributed by atoms with Crippen LogP contribution in [0.4, 0.5) is 8.78 Å². The Kier molecular flexibility index (Phi) is 3.60. The normalized spacial score (nSPS) is 11.6. The van der Waals surface area contributed by atoms with E-state index >= 15 is 0 Å². The maximum atomic E-state index is 14.4. The van der Waals surface area contributed by atoms with Gasteiger partial charge in [0.15, 0.2) is 5.82 Å². The molecule has 0 fully saturated rings. The third-order valence-electron chi connectivity index (χ3n) is 3.66. The first-order valence-electron chi connectivity index (χ1n) is 6.88. The average Bonchev–Trinajstić information content (AvgIpc) is 2.78. The molecule has 2 heterocycles. The van der Waals surface area contributed by atoms with Gasteiger partial charge in [0.05, 0.1) is 11.7 Å². The van der Waals surface area contributed by atoms with E-state index in [1.54, 1.807) is 6.07 Å². The molecule has 0 radical (unpaired) electrons. The minimum absolute atomic E-state index is 0.00522. The van der Waals surface area contributed by atoms with E-state index in [1.165, 1.54) is 6.07 Å². The topological polar surface area (TPSA) is 41.6 Å². The van der Waals surface area contributed by atoms with Gasteiger partial charge in [0.1, 0.15) is 11.5 Å². The second kappa shape index (κ2) is 5.32. The minimum atomic E-state index is -0.637. The number of rotatable bonds is 2. The SMILES string of the molecule is Cc1[nH]c2c(F)cc(-c3nc(Cl)ncc3F)cc2c1C(C)C. The molecule has 1 aromatic carbocycles. The van der Waals surface area contributed by atoms with Crippen molar-refractivity contribution in [3.8, 4) is 11.3 Å². The summed E-state index contributed by atoms with van der Waals surface area (Å²) in [5, 5.41) is 0.655. The highest BCUT2D eigenvalue weighted by molar-refractivity contribution is 6.28. The van der Waals surface area contributed by atoms with E-state index in [9.17, 15) is 8.78 Å². The number of aromatic nitrogens is 3. The summed E-state index contributed by atoms with van der Waals surface area (Å²) in [6.07, 6.45) is 0.985. The zero-order valence-corrected chi connectivity index (χ0v) is 13.1. The van der Waals surface area contributed by atoms with Crippen LogP contribution in [0.2, 0.25) is 5.28 Å². The van der Waals surface area contributed by atoms with Gasteiger partial charge in [0.25, 0.3) is 0 Å². The summed E-state index contributed by atoms with van der Waals surface area (Å²) >= 11 is 5.72. The van der Waals surface area contributed by atoms with E-state index in [1.807, 2.05) is 20.8 Å². The van der Waals surface area contributed by atoms with Crippen LogP contribution < -0.4 is 0 Å². The van der Waals surface area contributed by atoms with Crippen LogP contribution in [0.15, 0.2) is 18.3 Å². The van der Waals surface area contributed by atoms with Crippen LogP contribution in [0, 0.1) is 18.6 Å². The Morgan fingerprint density at radius 3 is 2.59 bits per heavy atom. The van der Waals surface area contributed by atoms with Crippen LogP contribution >= 0.6 is 11.6 Å².